The molecule has 0 spiro atoms. The Kier molecular flexibility index (Phi) is 6.47. The zero-order valence-electron chi connectivity index (χ0n) is 15.2. The summed E-state index contributed by atoms with van der Waals surface area (Å²) in [7, 11) is 0. The topological polar surface area (TPSA) is 53.9 Å². The molecule has 0 aromatic heterocycles. The van der Waals surface area contributed by atoms with Gasteiger partial charge in [0.15, 0.2) is 6.54 Å². The number of hydrogen-bond acceptors (Lipinski definition) is 3. The number of rotatable bonds is 5. The average molecular weight is 388 g/mol. The maximum atomic E-state index is 13.2. The second kappa shape index (κ2) is 9.01. The number of carbonyl (C=O) groups excluding carboxylic acids is 2. The Morgan fingerprint density at radius 2 is 1.85 bits per heavy atom. The quantitative estimate of drug-likeness (QED) is 0.764. The zero-order chi connectivity index (χ0) is 19.2. The maximum absolute atomic E-state index is 13.2. The van der Waals surface area contributed by atoms with Crippen molar-refractivity contribution in [2.45, 2.75) is 4.90 Å². The van der Waals surface area contributed by atoms with Gasteiger partial charge < -0.3 is 15.1 Å². The van der Waals surface area contributed by atoms with Crippen LogP contribution in [0.1, 0.15) is 10.4 Å². The Balaban J connectivity index is 1.48. The third-order valence-electron chi connectivity index (χ3n) is 4.61. The van der Waals surface area contributed by atoms with Crippen LogP contribution in [0.2, 0.25) is 0 Å². The highest BCUT2D eigenvalue weighted by molar-refractivity contribution is 7.98. The van der Waals surface area contributed by atoms with Crippen molar-refractivity contribution < 1.29 is 18.9 Å². The molecule has 5 nitrogen and oxygen atoms in total. The van der Waals surface area contributed by atoms with Gasteiger partial charge in [-0.15, -0.1) is 11.8 Å². The van der Waals surface area contributed by atoms with Crippen LogP contribution in [-0.2, 0) is 4.79 Å². The third-order valence-corrected chi connectivity index (χ3v) is 5.36. The van der Waals surface area contributed by atoms with E-state index in [1.807, 2.05) is 35.4 Å². The molecule has 2 amide bonds. The predicted octanol–water partition coefficient (Wildman–Crippen LogP) is 1.53. The summed E-state index contributed by atoms with van der Waals surface area (Å²) in [5, 5.41) is 2.72. The summed E-state index contributed by atoms with van der Waals surface area (Å²) in [6, 6.07) is 13.5. The van der Waals surface area contributed by atoms with Gasteiger partial charge >= 0.3 is 0 Å². The lowest BCUT2D eigenvalue weighted by molar-refractivity contribution is -0.895. The number of amides is 2. The molecular formula is C20H23FN3O2S+. The number of quaternary nitrogens is 1. The zero-order valence-corrected chi connectivity index (χ0v) is 16.0. The van der Waals surface area contributed by atoms with Crippen molar-refractivity contribution in [3.63, 3.8) is 0 Å². The second-order valence-corrected chi connectivity index (χ2v) is 7.39. The van der Waals surface area contributed by atoms with Crippen molar-refractivity contribution in [2.24, 2.45) is 0 Å². The Hall–Kier alpha value is -2.38. The lowest BCUT2D eigenvalue weighted by atomic mass is 10.2. The molecule has 1 aliphatic rings. The second-order valence-electron chi connectivity index (χ2n) is 6.51. The summed E-state index contributed by atoms with van der Waals surface area (Å²) in [5.74, 6) is -0.494. The van der Waals surface area contributed by atoms with E-state index in [9.17, 15) is 14.0 Å². The Labute approximate surface area is 162 Å². The van der Waals surface area contributed by atoms with Crippen molar-refractivity contribution in [3.05, 3.63) is 59.9 Å². The van der Waals surface area contributed by atoms with E-state index in [1.165, 1.54) is 12.1 Å². The van der Waals surface area contributed by atoms with Gasteiger partial charge in [-0.1, -0.05) is 6.07 Å². The standard InChI is InChI=1S/C20H22FN3O2S/c1-27-18-7-5-15(6-8-18)20(26)24-11-9-23(10-12-24)14-19(25)22-17-4-2-3-16(21)13-17/h2-8,13H,9-12,14H2,1H3,(H,22,25)/p+1. The first-order valence-corrected chi connectivity index (χ1v) is 10.1. The van der Waals surface area contributed by atoms with Gasteiger partial charge in [-0.05, 0) is 48.7 Å². The molecule has 27 heavy (non-hydrogen) atoms. The molecule has 1 heterocycles. The SMILES string of the molecule is CSc1ccc(C(=O)N2CC[NH+](CC(=O)Nc3cccc(F)c3)CC2)cc1. The molecule has 2 aromatic carbocycles. The predicted molar refractivity (Wildman–Crippen MR) is 105 cm³/mol. The Morgan fingerprint density at radius 1 is 1.15 bits per heavy atom. The highest BCUT2D eigenvalue weighted by Crippen LogP contribution is 2.16. The number of piperazine rings is 1. The molecular weight excluding hydrogens is 365 g/mol. The number of thioether (sulfide) groups is 1. The van der Waals surface area contributed by atoms with E-state index in [-0.39, 0.29) is 17.6 Å². The fourth-order valence-electron chi connectivity index (χ4n) is 3.12. The summed E-state index contributed by atoms with van der Waals surface area (Å²) < 4.78 is 13.2. The summed E-state index contributed by atoms with van der Waals surface area (Å²) in [5.41, 5.74) is 1.15. The van der Waals surface area contributed by atoms with Crippen molar-refractivity contribution in [1.29, 1.82) is 0 Å². The van der Waals surface area contributed by atoms with E-state index < -0.39 is 0 Å². The first kappa shape index (κ1) is 19.4. The van der Waals surface area contributed by atoms with Gasteiger partial charge in [-0.2, -0.15) is 0 Å². The molecule has 1 fully saturated rings. The maximum Gasteiger partial charge on any atom is 0.279 e. The largest absolute Gasteiger partial charge is 0.327 e. The van der Waals surface area contributed by atoms with Crippen LogP contribution in [0.5, 0.6) is 0 Å². The van der Waals surface area contributed by atoms with E-state index in [0.29, 0.717) is 44.0 Å². The summed E-state index contributed by atoms with van der Waals surface area (Å²) >= 11 is 1.65. The number of halogens is 1. The van der Waals surface area contributed by atoms with Gasteiger partial charge in [0.25, 0.3) is 11.8 Å². The van der Waals surface area contributed by atoms with E-state index in [4.69, 9.17) is 0 Å². The Bertz CT molecular complexity index is 805. The van der Waals surface area contributed by atoms with Crippen molar-refractivity contribution in [2.75, 3.05) is 44.3 Å². The lowest BCUT2D eigenvalue weighted by Gasteiger charge is -2.32. The van der Waals surface area contributed by atoms with Gasteiger partial charge in [0.1, 0.15) is 5.82 Å². The molecule has 2 aromatic rings. The molecule has 1 saturated heterocycles. The van der Waals surface area contributed by atoms with E-state index in [1.54, 1.807) is 23.9 Å². The van der Waals surface area contributed by atoms with Gasteiger partial charge in [-0.25, -0.2) is 4.39 Å². The number of carbonyl (C=O) groups is 2. The fraction of sp³-hybridized carbons (Fsp3) is 0.300. The van der Waals surface area contributed by atoms with E-state index >= 15 is 0 Å². The van der Waals surface area contributed by atoms with Gasteiger partial charge in [0.05, 0.1) is 26.2 Å². The number of nitrogens with zero attached hydrogens (tertiary/aromatic N) is 1. The molecule has 3 rings (SSSR count). The molecule has 1 aliphatic heterocycles. The fourth-order valence-corrected chi connectivity index (χ4v) is 3.53. The number of nitrogens with one attached hydrogen (secondary N) is 2. The van der Waals surface area contributed by atoms with Crippen LogP contribution in [-0.4, -0.2) is 55.7 Å². The molecule has 142 valence electrons. The molecule has 0 bridgehead atoms. The number of benzene rings is 2. The lowest BCUT2D eigenvalue weighted by Crippen LogP contribution is -3.15. The minimum absolute atomic E-state index is 0.0333. The van der Waals surface area contributed by atoms with Gasteiger partial charge in [0.2, 0.25) is 0 Å². The van der Waals surface area contributed by atoms with Crippen LogP contribution in [0.15, 0.2) is 53.4 Å². The van der Waals surface area contributed by atoms with Crippen molar-refractivity contribution in [1.82, 2.24) is 4.90 Å². The van der Waals surface area contributed by atoms with Crippen LogP contribution in [0.4, 0.5) is 10.1 Å². The molecule has 7 heteroatoms. The molecule has 0 aliphatic carbocycles. The minimum atomic E-state index is -0.377. The van der Waals surface area contributed by atoms with Crippen LogP contribution >= 0.6 is 11.8 Å². The van der Waals surface area contributed by atoms with Crippen LogP contribution in [0, 0.1) is 5.82 Å². The van der Waals surface area contributed by atoms with Crippen LogP contribution in [0.3, 0.4) is 0 Å². The smallest absolute Gasteiger partial charge is 0.279 e. The molecule has 0 saturated carbocycles. The summed E-state index contributed by atoms with van der Waals surface area (Å²) in [6.45, 7) is 2.97. The number of hydrogen-bond donors (Lipinski definition) is 2. The first-order chi connectivity index (χ1) is 13.0. The van der Waals surface area contributed by atoms with Crippen molar-refractivity contribution >= 4 is 29.3 Å². The first-order valence-electron chi connectivity index (χ1n) is 8.87. The van der Waals surface area contributed by atoms with Crippen molar-refractivity contribution in [3.8, 4) is 0 Å². The minimum Gasteiger partial charge on any atom is -0.327 e. The highest BCUT2D eigenvalue weighted by Gasteiger charge is 2.25. The molecule has 2 N–H and O–H groups in total. The number of anilines is 1. The molecule has 0 radical (unpaired) electrons. The average Bonchev–Trinajstić information content (AvgIpc) is 2.68. The van der Waals surface area contributed by atoms with E-state index in [2.05, 4.69) is 5.32 Å². The van der Waals surface area contributed by atoms with Gasteiger partial charge in [0, 0.05) is 16.1 Å². The van der Waals surface area contributed by atoms with Crippen LogP contribution in [0.25, 0.3) is 0 Å². The third kappa shape index (κ3) is 5.30. The Morgan fingerprint density at radius 3 is 2.48 bits per heavy atom. The monoisotopic (exact) mass is 388 g/mol. The summed E-state index contributed by atoms with van der Waals surface area (Å²) in [6.07, 6.45) is 2.00. The van der Waals surface area contributed by atoms with E-state index in [0.717, 1.165) is 9.80 Å². The molecule has 0 unspecified atom stereocenters. The highest BCUT2D eigenvalue weighted by atomic mass is 32.2. The summed E-state index contributed by atoms with van der Waals surface area (Å²) in [4.78, 5) is 28.8. The molecule has 0 atom stereocenters. The van der Waals surface area contributed by atoms with Gasteiger partial charge in [-0.3, -0.25) is 9.59 Å². The normalized spacial score (nSPS) is 14.8. The van der Waals surface area contributed by atoms with Crippen LogP contribution < -0.4 is 10.2 Å².